The number of nitrogens with one attached hydrogen (secondary N) is 1. The number of halogens is 1. The van der Waals surface area contributed by atoms with Crippen molar-refractivity contribution in [2.24, 2.45) is 0 Å². The van der Waals surface area contributed by atoms with E-state index in [1.54, 1.807) is 27.8 Å². The summed E-state index contributed by atoms with van der Waals surface area (Å²) in [6.07, 6.45) is 0.810. The van der Waals surface area contributed by atoms with E-state index in [2.05, 4.69) is 10.4 Å². The third-order valence-electron chi connectivity index (χ3n) is 5.77. The largest absolute Gasteiger partial charge is 0.489 e. The van der Waals surface area contributed by atoms with Gasteiger partial charge in [-0.1, -0.05) is 60.1 Å². The number of aldehydes is 1. The zero-order valence-electron chi connectivity index (χ0n) is 18.8. The predicted octanol–water partition coefficient (Wildman–Crippen LogP) is 4.34. The zero-order valence-corrected chi connectivity index (χ0v) is 19.6. The molecule has 1 atom stereocenters. The number of benzene rings is 3. The van der Waals surface area contributed by atoms with Gasteiger partial charge in [-0.05, 0) is 42.0 Å². The summed E-state index contributed by atoms with van der Waals surface area (Å²) in [4.78, 5) is 25.9. The molecule has 0 saturated carbocycles. The molecule has 1 unspecified atom stereocenters. The van der Waals surface area contributed by atoms with Crippen LogP contribution in [0.15, 0.2) is 84.9 Å². The highest BCUT2D eigenvalue weighted by Crippen LogP contribution is 2.29. The van der Waals surface area contributed by atoms with Crippen LogP contribution >= 0.6 is 11.6 Å². The van der Waals surface area contributed by atoms with Crippen LogP contribution < -0.4 is 10.1 Å². The van der Waals surface area contributed by atoms with E-state index in [0.717, 1.165) is 28.8 Å². The number of ether oxygens (including phenoxy) is 1. The fourth-order valence-electron chi connectivity index (χ4n) is 3.98. The van der Waals surface area contributed by atoms with Gasteiger partial charge in [0.2, 0.25) is 0 Å². The topological polar surface area (TPSA) is 76.5 Å². The highest BCUT2D eigenvalue weighted by molar-refractivity contribution is 6.30. The van der Waals surface area contributed by atoms with Crippen LogP contribution in [-0.2, 0) is 11.4 Å². The number of aromatic nitrogens is 2. The first kappa shape index (κ1) is 22.8. The smallest absolute Gasteiger partial charge is 0.275 e. The maximum atomic E-state index is 13.2. The van der Waals surface area contributed by atoms with Crippen molar-refractivity contribution in [2.75, 3.05) is 13.2 Å². The van der Waals surface area contributed by atoms with Gasteiger partial charge in [-0.2, -0.15) is 5.10 Å². The van der Waals surface area contributed by atoms with Crippen molar-refractivity contribution >= 4 is 23.8 Å². The maximum Gasteiger partial charge on any atom is 0.275 e. The van der Waals surface area contributed by atoms with Crippen molar-refractivity contribution < 1.29 is 14.3 Å². The Bertz CT molecular complexity index is 1360. The third-order valence-corrected chi connectivity index (χ3v) is 6.01. The summed E-state index contributed by atoms with van der Waals surface area (Å²) in [6.45, 7) is 1.05. The van der Waals surface area contributed by atoms with E-state index in [1.165, 1.54) is 0 Å². The molecule has 8 heteroatoms. The molecule has 176 valence electrons. The standard InChI is InChI=1S/C27H23ClN4O3/c28-21-9-5-10-23(13-21)32-26(14-25(30-32)27(34)31-15-22(16-33)29-18-31)20-8-4-11-24(12-20)35-17-19-6-2-1-3-7-19/h1-14,16,22,29H,15,17-18H2. The number of nitrogens with zero attached hydrogens (tertiary/aromatic N) is 3. The van der Waals surface area contributed by atoms with Gasteiger partial charge in [-0.3, -0.25) is 10.1 Å². The average molecular weight is 487 g/mol. The SMILES string of the molecule is O=CC1CN(C(=O)c2cc(-c3cccc(OCc4ccccc4)c3)n(-c3cccc(Cl)c3)n2)CN1. The Morgan fingerprint density at radius 3 is 2.66 bits per heavy atom. The summed E-state index contributed by atoms with van der Waals surface area (Å²) in [7, 11) is 0. The molecule has 1 N–H and O–H groups in total. The lowest BCUT2D eigenvalue weighted by atomic mass is 10.1. The second-order valence-electron chi connectivity index (χ2n) is 8.24. The first-order valence-electron chi connectivity index (χ1n) is 11.2. The van der Waals surface area contributed by atoms with Crippen LogP contribution in [0, 0.1) is 0 Å². The highest BCUT2D eigenvalue weighted by atomic mass is 35.5. The number of rotatable bonds is 7. The van der Waals surface area contributed by atoms with Gasteiger partial charge < -0.3 is 14.4 Å². The molecule has 1 fully saturated rings. The first-order chi connectivity index (χ1) is 17.1. The van der Waals surface area contributed by atoms with Crippen LogP contribution in [0.25, 0.3) is 16.9 Å². The summed E-state index contributed by atoms with van der Waals surface area (Å²) in [6, 6.07) is 26.3. The summed E-state index contributed by atoms with van der Waals surface area (Å²) >= 11 is 6.25. The van der Waals surface area contributed by atoms with E-state index in [0.29, 0.717) is 30.6 Å². The molecule has 35 heavy (non-hydrogen) atoms. The minimum absolute atomic E-state index is 0.250. The summed E-state index contributed by atoms with van der Waals surface area (Å²) in [5.41, 5.74) is 3.64. The van der Waals surface area contributed by atoms with Gasteiger partial charge in [0.15, 0.2) is 5.69 Å². The minimum Gasteiger partial charge on any atom is -0.489 e. The summed E-state index contributed by atoms with van der Waals surface area (Å²) in [5, 5.41) is 8.19. The molecule has 7 nitrogen and oxygen atoms in total. The molecule has 0 bridgehead atoms. The van der Waals surface area contributed by atoms with Gasteiger partial charge in [0.05, 0.1) is 24.1 Å². The Balaban J connectivity index is 1.48. The van der Waals surface area contributed by atoms with Crippen LogP contribution in [0.4, 0.5) is 0 Å². The number of amides is 1. The molecule has 0 spiro atoms. The van der Waals surface area contributed by atoms with E-state index < -0.39 is 0 Å². The number of carbonyl (C=O) groups excluding carboxylic acids is 2. The van der Waals surface area contributed by atoms with Crippen LogP contribution in [0.3, 0.4) is 0 Å². The third kappa shape index (κ3) is 5.11. The first-order valence-corrected chi connectivity index (χ1v) is 11.6. The molecule has 0 aliphatic carbocycles. The lowest BCUT2D eigenvalue weighted by Gasteiger charge is -2.12. The Kier molecular flexibility index (Phi) is 6.61. The van der Waals surface area contributed by atoms with Gasteiger partial charge in [0, 0.05) is 17.1 Å². The van der Waals surface area contributed by atoms with Gasteiger partial charge in [-0.25, -0.2) is 4.68 Å². The summed E-state index contributed by atoms with van der Waals surface area (Å²) < 4.78 is 7.72. The number of carbonyl (C=O) groups is 2. The molecule has 4 aromatic rings. The van der Waals surface area contributed by atoms with E-state index in [9.17, 15) is 9.59 Å². The summed E-state index contributed by atoms with van der Waals surface area (Å²) in [5.74, 6) is 0.455. The van der Waals surface area contributed by atoms with Crippen LogP contribution in [0.5, 0.6) is 5.75 Å². The van der Waals surface area contributed by atoms with Gasteiger partial charge in [0.1, 0.15) is 18.6 Å². The van der Waals surface area contributed by atoms with E-state index in [1.807, 2.05) is 66.7 Å². The van der Waals surface area contributed by atoms with Gasteiger partial charge in [-0.15, -0.1) is 0 Å². The molecular weight excluding hydrogens is 464 g/mol. The normalized spacial score (nSPS) is 15.2. The molecule has 1 amide bonds. The van der Waals surface area contributed by atoms with Crippen molar-refractivity contribution in [3.05, 3.63) is 101 Å². The second kappa shape index (κ2) is 10.1. The van der Waals surface area contributed by atoms with Crippen LogP contribution in [0.2, 0.25) is 5.02 Å². The van der Waals surface area contributed by atoms with Crippen molar-refractivity contribution in [1.29, 1.82) is 0 Å². The quantitative estimate of drug-likeness (QED) is 0.393. The molecule has 1 aromatic heterocycles. The van der Waals surface area contributed by atoms with E-state index in [4.69, 9.17) is 16.3 Å². The highest BCUT2D eigenvalue weighted by Gasteiger charge is 2.28. The monoisotopic (exact) mass is 486 g/mol. The molecular formula is C27H23ClN4O3. The Morgan fingerprint density at radius 1 is 1.06 bits per heavy atom. The van der Waals surface area contributed by atoms with Crippen molar-refractivity contribution in [3.8, 4) is 22.7 Å². The van der Waals surface area contributed by atoms with E-state index >= 15 is 0 Å². The molecule has 0 radical (unpaired) electrons. The predicted molar refractivity (Wildman–Crippen MR) is 134 cm³/mol. The average Bonchev–Trinajstić information content (AvgIpc) is 3.56. The fraction of sp³-hybridized carbons (Fsp3) is 0.148. The Hall–Kier alpha value is -3.94. The van der Waals surface area contributed by atoms with Crippen LogP contribution in [0.1, 0.15) is 16.1 Å². The van der Waals surface area contributed by atoms with Crippen molar-refractivity contribution in [3.63, 3.8) is 0 Å². The number of hydrogen-bond acceptors (Lipinski definition) is 5. The fourth-order valence-corrected chi connectivity index (χ4v) is 4.17. The lowest BCUT2D eigenvalue weighted by molar-refractivity contribution is -0.109. The van der Waals surface area contributed by atoms with E-state index in [-0.39, 0.29) is 17.6 Å². The van der Waals surface area contributed by atoms with Crippen LogP contribution in [-0.4, -0.2) is 46.1 Å². The molecule has 1 aliphatic heterocycles. The van der Waals surface area contributed by atoms with Crippen molar-refractivity contribution in [1.82, 2.24) is 20.0 Å². The van der Waals surface area contributed by atoms with Gasteiger partial charge in [0.25, 0.3) is 5.91 Å². The molecule has 1 saturated heterocycles. The molecule has 2 heterocycles. The Labute approximate surface area is 207 Å². The molecule has 1 aliphatic rings. The minimum atomic E-state index is -0.369. The van der Waals surface area contributed by atoms with Gasteiger partial charge >= 0.3 is 0 Å². The van der Waals surface area contributed by atoms with Crippen molar-refractivity contribution in [2.45, 2.75) is 12.6 Å². The molecule has 3 aromatic carbocycles. The maximum absolute atomic E-state index is 13.2. The molecule has 5 rings (SSSR count). The Morgan fingerprint density at radius 2 is 1.89 bits per heavy atom. The second-order valence-corrected chi connectivity index (χ2v) is 8.68. The lowest BCUT2D eigenvalue weighted by Crippen LogP contribution is -2.30. The number of hydrogen-bond donors (Lipinski definition) is 1. The zero-order chi connectivity index (χ0) is 24.2.